The van der Waals surface area contributed by atoms with Gasteiger partial charge < -0.3 is 15.4 Å². The third-order valence-corrected chi connectivity index (χ3v) is 5.71. The van der Waals surface area contributed by atoms with E-state index in [1.165, 1.54) is 6.42 Å². The van der Waals surface area contributed by atoms with Gasteiger partial charge in [0.2, 0.25) is 0 Å². The Labute approximate surface area is 183 Å². The summed E-state index contributed by atoms with van der Waals surface area (Å²) in [7, 11) is 0. The van der Waals surface area contributed by atoms with Gasteiger partial charge in [-0.25, -0.2) is 0 Å². The molecule has 1 saturated carbocycles. The molecule has 0 saturated heterocycles. The van der Waals surface area contributed by atoms with Crippen molar-refractivity contribution in [2.75, 3.05) is 5.32 Å². The molecule has 30 heavy (non-hydrogen) atoms. The molecule has 0 aliphatic heterocycles. The first-order chi connectivity index (χ1) is 14.5. The molecule has 1 aliphatic carbocycles. The number of ether oxygens (including phenoxy) is 1. The Morgan fingerprint density at radius 1 is 1.10 bits per heavy atom. The first-order valence-corrected chi connectivity index (χ1v) is 11.0. The fourth-order valence-electron chi connectivity index (χ4n) is 3.61. The second kappa shape index (κ2) is 10.5. The van der Waals surface area contributed by atoms with Crippen LogP contribution in [0.25, 0.3) is 0 Å². The van der Waals surface area contributed by atoms with Gasteiger partial charge in [0.25, 0.3) is 11.8 Å². The molecule has 0 bridgehead atoms. The van der Waals surface area contributed by atoms with Gasteiger partial charge >= 0.3 is 0 Å². The van der Waals surface area contributed by atoms with Crippen molar-refractivity contribution in [3.63, 3.8) is 0 Å². The van der Waals surface area contributed by atoms with Crippen LogP contribution in [-0.4, -0.2) is 24.0 Å². The van der Waals surface area contributed by atoms with Crippen LogP contribution in [0.2, 0.25) is 5.02 Å². The Balaban J connectivity index is 1.66. The maximum atomic E-state index is 12.7. The lowest BCUT2D eigenvalue weighted by molar-refractivity contribution is -0.122. The van der Waals surface area contributed by atoms with Crippen LogP contribution in [0.15, 0.2) is 42.5 Å². The number of hydrogen-bond acceptors (Lipinski definition) is 3. The van der Waals surface area contributed by atoms with Crippen molar-refractivity contribution in [1.29, 1.82) is 0 Å². The minimum Gasteiger partial charge on any atom is -0.481 e. The smallest absolute Gasteiger partial charge is 0.265 e. The predicted molar refractivity (Wildman–Crippen MR) is 120 cm³/mol. The summed E-state index contributed by atoms with van der Waals surface area (Å²) in [5, 5.41) is 6.28. The van der Waals surface area contributed by atoms with Crippen molar-refractivity contribution in [3.8, 4) is 5.75 Å². The first-order valence-electron chi connectivity index (χ1n) is 10.6. The van der Waals surface area contributed by atoms with Gasteiger partial charge in [0.1, 0.15) is 5.75 Å². The van der Waals surface area contributed by atoms with Gasteiger partial charge in [0.15, 0.2) is 6.10 Å². The Morgan fingerprint density at radius 2 is 1.80 bits per heavy atom. The summed E-state index contributed by atoms with van der Waals surface area (Å²) in [6.45, 7) is 3.89. The lowest BCUT2D eigenvalue weighted by Crippen LogP contribution is -2.36. The van der Waals surface area contributed by atoms with Crippen molar-refractivity contribution >= 4 is 29.1 Å². The number of benzene rings is 2. The van der Waals surface area contributed by atoms with Crippen LogP contribution in [-0.2, 0) is 4.79 Å². The Hall–Kier alpha value is -2.53. The van der Waals surface area contributed by atoms with E-state index in [9.17, 15) is 9.59 Å². The maximum Gasteiger partial charge on any atom is 0.265 e. The van der Waals surface area contributed by atoms with Gasteiger partial charge in [-0.2, -0.15) is 0 Å². The second-order valence-corrected chi connectivity index (χ2v) is 8.23. The largest absolute Gasteiger partial charge is 0.481 e. The first kappa shape index (κ1) is 22.2. The molecule has 0 heterocycles. The Kier molecular flexibility index (Phi) is 7.75. The zero-order valence-corrected chi connectivity index (χ0v) is 18.3. The average Bonchev–Trinajstić information content (AvgIpc) is 2.75. The highest BCUT2D eigenvalue weighted by Gasteiger charge is 2.21. The van der Waals surface area contributed by atoms with Crippen molar-refractivity contribution in [2.24, 2.45) is 0 Å². The monoisotopic (exact) mass is 428 g/mol. The van der Waals surface area contributed by atoms with Crippen LogP contribution < -0.4 is 15.4 Å². The molecule has 2 aromatic rings. The Morgan fingerprint density at radius 3 is 2.47 bits per heavy atom. The Bertz CT molecular complexity index is 877. The van der Waals surface area contributed by atoms with Crippen molar-refractivity contribution in [1.82, 2.24) is 5.32 Å². The van der Waals surface area contributed by atoms with Gasteiger partial charge in [-0.1, -0.05) is 55.5 Å². The normalized spacial score (nSPS) is 15.3. The fourth-order valence-corrected chi connectivity index (χ4v) is 3.82. The SMILES string of the molecule is CCC(Oc1ccc(C)cc1)C(=O)Nc1ccc(Cl)c(C(=O)NC2CCCCC2)c1. The molecule has 160 valence electrons. The van der Waals surface area contributed by atoms with Gasteiger partial charge in [-0.3, -0.25) is 9.59 Å². The van der Waals surface area contributed by atoms with Gasteiger partial charge in [0, 0.05) is 11.7 Å². The van der Waals surface area contributed by atoms with E-state index in [0.717, 1.165) is 31.2 Å². The topological polar surface area (TPSA) is 67.4 Å². The molecular weight excluding hydrogens is 400 g/mol. The fraction of sp³-hybridized carbons (Fsp3) is 0.417. The molecule has 0 radical (unpaired) electrons. The quantitative estimate of drug-likeness (QED) is 0.611. The van der Waals surface area contributed by atoms with Crippen LogP contribution in [0.3, 0.4) is 0 Å². The molecule has 1 unspecified atom stereocenters. The van der Waals surface area contributed by atoms with Gasteiger partial charge in [-0.15, -0.1) is 0 Å². The zero-order chi connectivity index (χ0) is 21.5. The third kappa shape index (κ3) is 5.99. The number of amides is 2. The lowest BCUT2D eigenvalue weighted by Gasteiger charge is -2.23. The number of anilines is 1. The number of carbonyl (C=O) groups excluding carboxylic acids is 2. The van der Waals surface area contributed by atoms with Crippen LogP contribution >= 0.6 is 11.6 Å². The standard InChI is InChI=1S/C24H29ClN2O3/c1-3-22(30-19-12-9-16(2)10-13-19)24(29)27-18-11-14-21(25)20(15-18)23(28)26-17-7-5-4-6-8-17/h9-15,17,22H,3-8H2,1-2H3,(H,26,28)(H,27,29). The van der Waals surface area contributed by atoms with E-state index in [2.05, 4.69) is 10.6 Å². The van der Waals surface area contributed by atoms with Crippen molar-refractivity contribution in [2.45, 2.75) is 64.5 Å². The average molecular weight is 429 g/mol. The lowest BCUT2D eigenvalue weighted by atomic mass is 9.95. The summed E-state index contributed by atoms with van der Waals surface area (Å²) >= 11 is 6.26. The molecule has 0 spiro atoms. The van der Waals surface area contributed by atoms with E-state index in [1.807, 2.05) is 38.1 Å². The molecule has 0 aromatic heterocycles. The van der Waals surface area contributed by atoms with Crippen LogP contribution in [0, 0.1) is 6.92 Å². The number of aryl methyl sites for hydroxylation is 1. The van der Waals surface area contributed by atoms with E-state index in [1.54, 1.807) is 18.2 Å². The molecule has 1 aliphatic rings. The number of hydrogen-bond donors (Lipinski definition) is 2. The van der Waals surface area contributed by atoms with Crippen LogP contribution in [0.1, 0.15) is 61.4 Å². The highest BCUT2D eigenvalue weighted by atomic mass is 35.5. The zero-order valence-electron chi connectivity index (χ0n) is 17.5. The molecule has 6 heteroatoms. The van der Waals surface area contributed by atoms with Crippen LogP contribution in [0.4, 0.5) is 5.69 Å². The molecule has 2 aromatic carbocycles. The second-order valence-electron chi connectivity index (χ2n) is 7.82. The van der Waals surface area contributed by atoms with Gasteiger partial charge in [0.05, 0.1) is 10.6 Å². The van der Waals surface area contributed by atoms with E-state index in [4.69, 9.17) is 16.3 Å². The van der Waals surface area contributed by atoms with E-state index in [-0.39, 0.29) is 17.9 Å². The predicted octanol–water partition coefficient (Wildman–Crippen LogP) is 5.51. The molecule has 3 rings (SSSR count). The summed E-state index contributed by atoms with van der Waals surface area (Å²) in [4.78, 5) is 25.4. The molecule has 5 nitrogen and oxygen atoms in total. The third-order valence-electron chi connectivity index (χ3n) is 5.38. The van der Waals surface area contributed by atoms with Crippen LogP contribution in [0.5, 0.6) is 5.75 Å². The van der Waals surface area contributed by atoms with Gasteiger partial charge in [-0.05, 0) is 56.5 Å². The summed E-state index contributed by atoms with van der Waals surface area (Å²) in [5.41, 5.74) is 2.01. The number of nitrogens with one attached hydrogen (secondary N) is 2. The minimum absolute atomic E-state index is 0.188. The highest BCUT2D eigenvalue weighted by molar-refractivity contribution is 6.34. The highest BCUT2D eigenvalue weighted by Crippen LogP contribution is 2.23. The number of rotatable bonds is 7. The van der Waals surface area contributed by atoms with Crippen molar-refractivity contribution in [3.05, 3.63) is 58.6 Å². The molecule has 2 amide bonds. The summed E-state index contributed by atoms with van der Waals surface area (Å²) < 4.78 is 5.84. The van der Waals surface area contributed by atoms with E-state index < -0.39 is 6.10 Å². The maximum absolute atomic E-state index is 12.7. The molecule has 1 atom stereocenters. The summed E-state index contributed by atoms with van der Waals surface area (Å²) in [6, 6.07) is 12.7. The minimum atomic E-state index is -0.636. The van der Waals surface area contributed by atoms with E-state index in [0.29, 0.717) is 28.4 Å². The number of carbonyl (C=O) groups is 2. The molecular formula is C24H29ClN2O3. The number of halogens is 1. The molecule has 2 N–H and O–H groups in total. The summed E-state index contributed by atoms with van der Waals surface area (Å²) in [5.74, 6) is 0.177. The molecule has 1 fully saturated rings. The summed E-state index contributed by atoms with van der Waals surface area (Å²) in [6.07, 6.45) is 5.36. The van der Waals surface area contributed by atoms with Crippen molar-refractivity contribution < 1.29 is 14.3 Å². The van der Waals surface area contributed by atoms with E-state index >= 15 is 0 Å².